The Morgan fingerprint density at radius 3 is 2.71 bits per heavy atom. The third-order valence-corrected chi connectivity index (χ3v) is 9.96. The Labute approximate surface area is 202 Å². The summed E-state index contributed by atoms with van der Waals surface area (Å²) < 4.78 is 12.1. The Hall–Kier alpha value is -3.56. The summed E-state index contributed by atoms with van der Waals surface area (Å²) in [6.07, 6.45) is 0.0836. The number of fused-ring (bicyclic) bond motifs is 5. The van der Waals surface area contributed by atoms with Gasteiger partial charge in [-0.25, -0.2) is 9.78 Å². The van der Waals surface area contributed by atoms with Gasteiger partial charge in [0.15, 0.2) is 5.60 Å². The van der Waals surface area contributed by atoms with Gasteiger partial charge in [-0.1, -0.05) is 25.7 Å². The number of pyridine rings is 2. The van der Waals surface area contributed by atoms with Crippen LogP contribution in [0.15, 0.2) is 41.3 Å². The molecule has 2 aliphatic heterocycles. The SMILES string of the molecule is C=C[Si](C)(C)c1c2c(nc3ccc(OC(C)=O)cc13)-c1cc3c(c(=O)n1C2)COC(=O)[C@]3(O)CC. The molecule has 0 fully saturated rings. The van der Waals surface area contributed by atoms with E-state index >= 15 is 0 Å². The minimum atomic E-state index is -2.23. The third-order valence-electron chi connectivity index (χ3n) is 7.08. The quantitative estimate of drug-likeness (QED) is 0.266. The Morgan fingerprint density at radius 2 is 2.06 bits per heavy atom. The third kappa shape index (κ3) is 3.29. The van der Waals surface area contributed by atoms with Crippen molar-refractivity contribution in [2.24, 2.45) is 0 Å². The van der Waals surface area contributed by atoms with E-state index in [0.717, 1.165) is 16.1 Å². The molecule has 5 rings (SSSR count). The number of hydrogen-bond donors (Lipinski definition) is 1. The van der Waals surface area contributed by atoms with E-state index in [1.54, 1.807) is 29.7 Å². The maximum absolute atomic E-state index is 13.6. The summed E-state index contributed by atoms with van der Waals surface area (Å²) in [5.41, 5.74) is 3.17. The van der Waals surface area contributed by atoms with Gasteiger partial charge in [-0.3, -0.25) is 9.59 Å². The van der Waals surface area contributed by atoms with Gasteiger partial charge in [-0.05, 0) is 35.9 Å². The number of carbonyl (C=O) groups excluding carboxylic acids is 2. The maximum atomic E-state index is 13.6. The number of rotatable bonds is 4. The number of ether oxygens (including phenoxy) is 2. The highest BCUT2D eigenvalue weighted by Crippen LogP contribution is 2.39. The summed E-state index contributed by atoms with van der Waals surface area (Å²) in [5.74, 6) is -0.737. The molecule has 4 heterocycles. The molecule has 1 N–H and O–H groups in total. The molecule has 0 saturated carbocycles. The second kappa shape index (κ2) is 7.72. The fourth-order valence-electron chi connectivity index (χ4n) is 5.13. The fourth-order valence-corrected chi connectivity index (χ4v) is 7.20. The first-order valence-electron chi connectivity index (χ1n) is 11.5. The molecule has 0 saturated heterocycles. The van der Waals surface area contributed by atoms with Gasteiger partial charge in [-0.2, -0.15) is 0 Å². The molecule has 0 unspecified atom stereocenters. The lowest BCUT2D eigenvalue weighted by Gasteiger charge is -2.31. The number of carbonyl (C=O) groups is 2. The zero-order valence-electron chi connectivity index (χ0n) is 20.1. The second-order valence-corrected chi connectivity index (χ2v) is 14.0. The summed E-state index contributed by atoms with van der Waals surface area (Å²) >= 11 is 0. The van der Waals surface area contributed by atoms with Crippen LogP contribution < -0.4 is 15.5 Å². The molecule has 2 aliphatic rings. The van der Waals surface area contributed by atoms with Gasteiger partial charge in [0.1, 0.15) is 20.4 Å². The molecule has 1 aromatic carbocycles. The Morgan fingerprint density at radius 1 is 1.31 bits per heavy atom. The van der Waals surface area contributed by atoms with Crippen LogP contribution in [0.2, 0.25) is 13.1 Å². The molecule has 1 atom stereocenters. The number of nitrogens with zero attached hydrogens (tertiary/aromatic N) is 2. The van der Waals surface area contributed by atoms with E-state index < -0.39 is 25.6 Å². The van der Waals surface area contributed by atoms with Gasteiger partial charge >= 0.3 is 11.9 Å². The van der Waals surface area contributed by atoms with E-state index in [2.05, 4.69) is 19.7 Å². The minimum Gasteiger partial charge on any atom is -0.458 e. The molecule has 9 heteroatoms. The van der Waals surface area contributed by atoms with Gasteiger partial charge in [0, 0.05) is 23.4 Å². The number of esters is 2. The molecule has 35 heavy (non-hydrogen) atoms. The van der Waals surface area contributed by atoms with Gasteiger partial charge in [0.2, 0.25) is 0 Å². The van der Waals surface area contributed by atoms with Crippen LogP contribution in [0.4, 0.5) is 0 Å². The molecule has 2 aromatic heterocycles. The van der Waals surface area contributed by atoms with Crippen molar-refractivity contribution in [1.29, 1.82) is 0 Å². The second-order valence-electron chi connectivity index (χ2n) is 9.62. The Balaban J connectivity index is 1.83. The van der Waals surface area contributed by atoms with Crippen molar-refractivity contribution in [3.63, 3.8) is 0 Å². The van der Waals surface area contributed by atoms with Crippen LogP contribution in [0.3, 0.4) is 0 Å². The van der Waals surface area contributed by atoms with Crippen LogP contribution in [-0.2, 0) is 33.1 Å². The summed E-state index contributed by atoms with van der Waals surface area (Å²) in [6, 6.07) is 7.02. The highest BCUT2D eigenvalue weighted by atomic mass is 28.3. The average Bonchev–Trinajstić information content (AvgIpc) is 3.18. The van der Waals surface area contributed by atoms with Crippen LogP contribution in [0.5, 0.6) is 5.75 Å². The van der Waals surface area contributed by atoms with E-state index in [1.807, 2.05) is 11.8 Å². The standard InChI is InChI=1S/C26H26N2O6Si/c1-6-26(32)19-11-21-22-17(12-28(21)24(30)18(19)13-33-25(26)31)23(35(4,5)7-2)16-10-15(34-14(3)29)8-9-20(16)27-22/h7-11,32H,2,6,12-13H2,1,3-5H3/t26-/m0/s1. The van der Waals surface area contributed by atoms with Crippen LogP contribution in [0, 0.1) is 0 Å². The lowest BCUT2D eigenvalue weighted by molar-refractivity contribution is -0.172. The maximum Gasteiger partial charge on any atom is 0.343 e. The molecule has 0 bridgehead atoms. The molecule has 0 radical (unpaired) electrons. The number of aliphatic hydroxyl groups is 1. The first kappa shape index (κ1) is 23.2. The predicted molar refractivity (Wildman–Crippen MR) is 133 cm³/mol. The molecule has 0 aliphatic carbocycles. The highest BCUT2D eigenvalue weighted by Gasteiger charge is 2.45. The number of benzene rings is 1. The topological polar surface area (TPSA) is 108 Å². The highest BCUT2D eigenvalue weighted by molar-refractivity contribution is 6.95. The lowest BCUT2D eigenvalue weighted by Crippen LogP contribution is -2.44. The van der Waals surface area contributed by atoms with Gasteiger partial charge in [-0.15, -0.1) is 6.58 Å². The number of hydrogen-bond acceptors (Lipinski definition) is 7. The smallest absolute Gasteiger partial charge is 0.343 e. The van der Waals surface area contributed by atoms with Crippen molar-refractivity contribution < 1.29 is 24.2 Å². The van der Waals surface area contributed by atoms with E-state index in [1.165, 1.54) is 6.92 Å². The zero-order valence-corrected chi connectivity index (χ0v) is 21.1. The van der Waals surface area contributed by atoms with E-state index in [0.29, 0.717) is 29.2 Å². The molecular formula is C26H26N2O6Si. The van der Waals surface area contributed by atoms with Crippen molar-refractivity contribution in [3.05, 3.63) is 63.6 Å². The van der Waals surface area contributed by atoms with Gasteiger partial charge < -0.3 is 19.1 Å². The monoisotopic (exact) mass is 490 g/mol. The van der Waals surface area contributed by atoms with Crippen LogP contribution >= 0.6 is 0 Å². The van der Waals surface area contributed by atoms with Crippen molar-refractivity contribution in [2.75, 3.05) is 0 Å². The van der Waals surface area contributed by atoms with E-state index in [4.69, 9.17) is 14.5 Å². The lowest BCUT2D eigenvalue weighted by atomic mass is 9.86. The molecule has 3 aromatic rings. The van der Waals surface area contributed by atoms with Crippen molar-refractivity contribution >= 4 is 36.1 Å². The summed E-state index contributed by atoms with van der Waals surface area (Å²) in [7, 11) is -2.23. The summed E-state index contributed by atoms with van der Waals surface area (Å²) in [6.45, 7) is 11.6. The largest absolute Gasteiger partial charge is 0.458 e. The van der Waals surface area contributed by atoms with Crippen molar-refractivity contribution in [1.82, 2.24) is 9.55 Å². The summed E-state index contributed by atoms with van der Waals surface area (Å²) in [5, 5.41) is 13.0. The van der Waals surface area contributed by atoms with E-state index in [-0.39, 0.29) is 29.7 Å². The molecule has 180 valence electrons. The van der Waals surface area contributed by atoms with Crippen molar-refractivity contribution in [3.8, 4) is 17.1 Å². The summed E-state index contributed by atoms with van der Waals surface area (Å²) in [4.78, 5) is 42.4. The number of aromatic nitrogens is 2. The number of cyclic esters (lactones) is 1. The fraction of sp³-hybridized carbons (Fsp3) is 0.308. The molecule has 0 amide bonds. The predicted octanol–water partition coefficient (Wildman–Crippen LogP) is 2.65. The normalized spacial score (nSPS) is 18.5. The van der Waals surface area contributed by atoms with Gasteiger partial charge in [0.05, 0.1) is 29.0 Å². The van der Waals surface area contributed by atoms with Crippen molar-refractivity contribution in [2.45, 2.75) is 52.1 Å². The van der Waals surface area contributed by atoms with Crippen LogP contribution in [0.1, 0.15) is 37.0 Å². The Kier molecular flexibility index (Phi) is 5.12. The van der Waals surface area contributed by atoms with Crippen LogP contribution in [-0.4, -0.2) is 34.7 Å². The molecule has 0 spiro atoms. The molecular weight excluding hydrogens is 464 g/mol. The molecule has 8 nitrogen and oxygen atoms in total. The Bertz CT molecular complexity index is 1520. The zero-order chi connectivity index (χ0) is 25.3. The van der Waals surface area contributed by atoms with Crippen LogP contribution in [0.25, 0.3) is 22.3 Å². The first-order valence-corrected chi connectivity index (χ1v) is 14.6. The van der Waals surface area contributed by atoms with E-state index in [9.17, 15) is 19.5 Å². The minimum absolute atomic E-state index is 0.0836. The average molecular weight is 491 g/mol. The van der Waals surface area contributed by atoms with Gasteiger partial charge in [0.25, 0.3) is 5.56 Å². The first-order chi connectivity index (χ1) is 16.5.